The van der Waals surface area contributed by atoms with Gasteiger partial charge in [-0.2, -0.15) is 0 Å². The Bertz CT molecular complexity index is 777. The summed E-state index contributed by atoms with van der Waals surface area (Å²) in [6.45, 7) is 1.85. The zero-order valence-electron chi connectivity index (χ0n) is 11.9. The molecule has 2 atom stereocenters. The zero-order chi connectivity index (χ0) is 15.3. The van der Waals surface area contributed by atoms with E-state index in [4.69, 9.17) is 0 Å². The smallest absolute Gasteiger partial charge is 0.266 e. The van der Waals surface area contributed by atoms with E-state index >= 15 is 0 Å². The van der Waals surface area contributed by atoms with Crippen molar-refractivity contribution in [3.8, 4) is 0 Å². The second-order valence-corrected chi connectivity index (χ2v) is 6.95. The third-order valence-corrected chi connectivity index (χ3v) is 5.58. The maximum absolute atomic E-state index is 12.8. The van der Waals surface area contributed by atoms with Crippen LogP contribution in [0.3, 0.4) is 0 Å². The van der Waals surface area contributed by atoms with Crippen molar-refractivity contribution in [3.05, 3.63) is 60.2 Å². The molecule has 1 fully saturated rings. The summed E-state index contributed by atoms with van der Waals surface area (Å²) in [6.07, 6.45) is 0. The Morgan fingerprint density at radius 1 is 1.05 bits per heavy atom. The molecule has 0 aromatic heterocycles. The van der Waals surface area contributed by atoms with Crippen LogP contribution in [0.25, 0.3) is 0 Å². The standard InChI is InChI=1S/C17H14N2O2S/c1-11-15(20)19(12-7-3-2-4-8-12)17(22-11)13-9-5-6-10-14(13)18-16(17)21/h2-11H,1H3,(H,18,21)/t11-,17-/m0/s1. The number of para-hydroxylation sites is 2. The molecule has 2 heterocycles. The van der Waals surface area contributed by atoms with E-state index in [-0.39, 0.29) is 17.1 Å². The van der Waals surface area contributed by atoms with Crippen molar-refractivity contribution < 1.29 is 9.59 Å². The van der Waals surface area contributed by atoms with Crippen molar-refractivity contribution in [3.63, 3.8) is 0 Å². The van der Waals surface area contributed by atoms with Gasteiger partial charge in [-0.1, -0.05) is 36.4 Å². The van der Waals surface area contributed by atoms with Gasteiger partial charge in [0.1, 0.15) is 0 Å². The van der Waals surface area contributed by atoms with Crippen LogP contribution in [-0.2, 0) is 14.5 Å². The average Bonchev–Trinajstić information content (AvgIpc) is 2.96. The highest BCUT2D eigenvalue weighted by Crippen LogP contribution is 2.55. The Labute approximate surface area is 132 Å². The second kappa shape index (κ2) is 4.61. The Balaban J connectivity index is 1.96. The van der Waals surface area contributed by atoms with E-state index in [1.54, 1.807) is 4.90 Å². The molecule has 110 valence electrons. The number of hydrogen-bond donors (Lipinski definition) is 1. The average molecular weight is 310 g/mol. The number of nitrogens with zero attached hydrogens (tertiary/aromatic N) is 1. The van der Waals surface area contributed by atoms with Crippen LogP contribution in [-0.4, -0.2) is 17.1 Å². The molecule has 4 nitrogen and oxygen atoms in total. The Kier molecular flexibility index (Phi) is 2.81. The highest BCUT2D eigenvalue weighted by atomic mass is 32.2. The van der Waals surface area contributed by atoms with Crippen LogP contribution in [0.4, 0.5) is 11.4 Å². The molecule has 1 spiro atoms. The predicted octanol–water partition coefficient (Wildman–Crippen LogP) is 2.96. The SMILES string of the molecule is C[C@@H]1S[C@@]2(C(=O)Nc3ccccc32)N(c2ccccc2)C1=O. The molecule has 5 heteroatoms. The van der Waals surface area contributed by atoms with Gasteiger partial charge >= 0.3 is 0 Å². The first kappa shape index (κ1) is 13.4. The summed E-state index contributed by atoms with van der Waals surface area (Å²) in [5, 5.41) is 2.65. The van der Waals surface area contributed by atoms with E-state index in [0.29, 0.717) is 0 Å². The number of nitrogens with one attached hydrogen (secondary N) is 1. The molecule has 0 radical (unpaired) electrons. The minimum atomic E-state index is -1.01. The molecule has 0 aliphatic carbocycles. The van der Waals surface area contributed by atoms with Gasteiger partial charge in [0, 0.05) is 16.9 Å². The summed E-state index contributed by atoms with van der Waals surface area (Å²) < 4.78 is 0. The maximum atomic E-state index is 12.8. The van der Waals surface area contributed by atoms with Crippen molar-refractivity contribution in [1.82, 2.24) is 0 Å². The van der Waals surface area contributed by atoms with E-state index in [0.717, 1.165) is 16.9 Å². The van der Waals surface area contributed by atoms with Gasteiger partial charge in [0.25, 0.3) is 5.91 Å². The van der Waals surface area contributed by atoms with E-state index in [9.17, 15) is 9.59 Å². The topological polar surface area (TPSA) is 49.4 Å². The number of thioether (sulfide) groups is 1. The fourth-order valence-corrected chi connectivity index (χ4v) is 4.62. The van der Waals surface area contributed by atoms with Gasteiger partial charge in [-0.05, 0) is 25.1 Å². The van der Waals surface area contributed by atoms with Gasteiger partial charge in [0.15, 0.2) is 0 Å². The molecule has 22 heavy (non-hydrogen) atoms. The van der Waals surface area contributed by atoms with Crippen molar-refractivity contribution in [2.45, 2.75) is 17.0 Å². The van der Waals surface area contributed by atoms with Crippen LogP contribution < -0.4 is 10.2 Å². The van der Waals surface area contributed by atoms with Crippen LogP contribution >= 0.6 is 11.8 Å². The number of carbonyl (C=O) groups is 2. The number of rotatable bonds is 1. The fourth-order valence-electron chi connectivity index (χ4n) is 3.14. The van der Waals surface area contributed by atoms with Crippen molar-refractivity contribution >= 4 is 35.0 Å². The Morgan fingerprint density at radius 2 is 1.73 bits per heavy atom. The summed E-state index contributed by atoms with van der Waals surface area (Å²) in [5.74, 6) is -0.191. The molecule has 2 aromatic carbocycles. The monoisotopic (exact) mass is 310 g/mol. The fraction of sp³-hybridized carbons (Fsp3) is 0.176. The molecule has 1 N–H and O–H groups in total. The second-order valence-electron chi connectivity index (χ2n) is 5.41. The molecule has 0 bridgehead atoms. The number of amides is 2. The minimum Gasteiger partial charge on any atom is -0.323 e. The predicted molar refractivity (Wildman–Crippen MR) is 87.7 cm³/mol. The van der Waals surface area contributed by atoms with E-state index in [2.05, 4.69) is 5.32 Å². The number of fused-ring (bicyclic) bond motifs is 2. The normalized spacial score (nSPS) is 26.4. The van der Waals surface area contributed by atoms with Gasteiger partial charge in [-0.15, -0.1) is 11.8 Å². The van der Waals surface area contributed by atoms with Gasteiger partial charge in [0.05, 0.1) is 5.25 Å². The molecule has 0 saturated carbocycles. The summed E-state index contributed by atoms with van der Waals surface area (Å²) in [4.78, 5) is 26.2. The summed E-state index contributed by atoms with van der Waals surface area (Å²) in [7, 11) is 0. The van der Waals surface area contributed by atoms with Gasteiger partial charge in [-0.3, -0.25) is 14.5 Å². The zero-order valence-corrected chi connectivity index (χ0v) is 12.8. The number of carbonyl (C=O) groups excluding carboxylic acids is 2. The van der Waals surface area contributed by atoms with E-state index in [1.807, 2.05) is 61.5 Å². The van der Waals surface area contributed by atoms with E-state index in [1.165, 1.54) is 11.8 Å². The summed E-state index contributed by atoms with van der Waals surface area (Å²) >= 11 is 1.40. The maximum Gasteiger partial charge on any atom is 0.266 e. The molecule has 0 unspecified atom stereocenters. The molecule has 2 aliphatic heterocycles. The lowest BCUT2D eigenvalue weighted by Gasteiger charge is -2.32. The van der Waals surface area contributed by atoms with Crippen molar-refractivity contribution in [2.75, 3.05) is 10.2 Å². The van der Waals surface area contributed by atoms with Crippen molar-refractivity contribution in [1.29, 1.82) is 0 Å². The lowest BCUT2D eigenvalue weighted by Crippen LogP contribution is -2.47. The first-order valence-corrected chi connectivity index (χ1v) is 8.00. The van der Waals surface area contributed by atoms with Crippen LogP contribution in [0.15, 0.2) is 54.6 Å². The Hall–Kier alpha value is -2.27. The lowest BCUT2D eigenvalue weighted by atomic mass is 10.0. The molecule has 2 aromatic rings. The van der Waals surface area contributed by atoms with Crippen molar-refractivity contribution in [2.24, 2.45) is 0 Å². The van der Waals surface area contributed by atoms with Gasteiger partial charge in [-0.25, -0.2) is 0 Å². The van der Waals surface area contributed by atoms with E-state index < -0.39 is 4.87 Å². The van der Waals surface area contributed by atoms with Crippen LogP contribution in [0, 0.1) is 0 Å². The summed E-state index contributed by atoms with van der Waals surface area (Å²) in [5.41, 5.74) is 2.38. The number of benzene rings is 2. The first-order chi connectivity index (χ1) is 10.6. The third-order valence-electron chi connectivity index (χ3n) is 4.09. The highest BCUT2D eigenvalue weighted by molar-refractivity contribution is 8.03. The number of hydrogen-bond acceptors (Lipinski definition) is 3. The van der Waals surface area contributed by atoms with Crippen LogP contribution in [0.1, 0.15) is 12.5 Å². The minimum absolute atomic E-state index is 0.0388. The molecule has 2 amide bonds. The molecule has 2 aliphatic rings. The molecule has 4 rings (SSSR count). The molecular weight excluding hydrogens is 296 g/mol. The quantitative estimate of drug-likeness (QED) is 0.881. The molecule has 1 saturated heterocycles. The van der Waals surface area contributed by atoms with Gasteiger partial charge in [0.2, 0.25) is 10.8 Å². The van der Waals surface area contributed by atoms with Gasteiger partial charge < -0.3 is 5.32 Å². The third kappa shape index (κ3) is 1.60. The number of anilines is 2. The highest BCUT2D eigenvalue weighted by Gasteiger charge is 2.60. The largest absolute Gasteiger partial charge is 0.323 e. The first-order valence-electron chi connectivity index (χ1n) is 7.12. The van der Waals surface area contributed by atoms with Crippen LogP contribution in [0.2, 0.25) is 0 Å². The Morgan fingerprint density at radius 3 is 2.50 bits per heavy atom. The molecular formula is C17H14N2O2S. The van der Waals surface area contributed by atoms with Crippen LogP contribution in [0.5, 0.6) is 0 Å². The lowest BCUT2D eigenvalue weighted by molar-refractivity contribution is -0.122. The summed E-state index contributed by atoms with van der Waals surface area (Å²) in [6, 6.07) is 17.0.